The van der Waals surface area contributed by atoms with Gasteiger partial charge in [0.25, 0.3) is 0 Å². The number of aryl methyl sites for hydroxylation is 2. The van der Waals surface area contributed by atoms with Crippen LogP contribution in [0.2, 0.25) is 0 Å². The molecular weight excluding hydrogens is 380 g/mol. The van der Waals surface area contributed by atoms with Gasteiger partial charge in [-0.05, 0) is 32.7 Å². The third-order valence-corrected chi connectivity index (χ3v) is 6.77. The number of hydrogen-bond donors (Lipinski definition) is 1. The lowest BCUT2D eigenvalue weighted by atomic mass is 9.94. The van der Waals surface area contributed by atoms with Crippen molar-refractivity contribution in [2.24, 2.45) is 0 Å². The molecule has 0 spiro atoms. The van der Waals surface area contributed by atoms with Gasteiger partial charge in [0.2, 0.25) is 11.8 Å². The van der Waals surface area contributed by atoms with Crippen molar-refractivity contribution in [1.29, 1.82) is 0 Å². The Morgan fingerprint density at radius 2 is 1.90 bits per heavy atom. The average Bonchev–Trinajstić information content (AvgIpc) is 3.15. The molecule has 3 heterocycles. The van der Waals surface area contributed by atoms with Crippen LogP contribution in [0.15, 0.2) is 6.07 Å². The predicted molar refractivity (Wildman–Crippen MR) is 116 cm³/mol. The van der Waals surface area contributed by atoms with Crippen molar-refractivity contribution in [3.63, 3.8) is 0 Å². The van der Waals surface area contributed by atoms with Crippen molar-refractivity contribution in [1.82, 2.24) is 24.9 Å². The molecule has 1 aliphatic carbocycles. The quantitative estimate of drug-likeness (QED) is 0.680. The fraction of sp³-hybridized carbons (Fsp3) is 0.773. The molecule has 0 bridgehead atoms. The van der Waals surface area contributed by atoms with Gasteiger partial charge in [0.15, 0.2) is 0 Å². The van der Waals surface area contributed by atoms with Gasteiger partial charge in [0.05, 0.1) is 12.2 Å². The van der Waals surface area contributed by atoms with Gasteiger partial charge in [-0.15, -0.1) is 0 Å². The number of piperazine rings is 1. The highest BCUT2D eigenvalue weighted by molar-refractivity contribution is 5.98. The van der Waals surface area contributed by atoms with Gasteiger partial charge in [-0.2, -0.15) is 5.10 Å². The molecule has 1 N–H and O–H groups in total. The number of nitrogens with one attached hydrogen (secondary N) is 1. The van der Waals surface area contributed by atoms with Crippen LogP contribution in [-0.4, -0.2) is 83.2 Å². The van der Waals surface area contributed by atoms with E-state index in [0.29, 0.717) is 19.5 Å². The van der Waals surface area contributed by atoms with E-state index in [-0.39, 0.29) is 18.4 Å². The zero-order chi connectivity index (χ0) is 20.9. The molecule has 2 aliphatic heterocycles. The van der Waals surface area contributed by atoms with E-state index in [1.54, 1.807) is 4.90 Å². The summed E-state index contributed by atoms with van der Waals surface area (Å²) in [4.78, 5) is 31.4. The van der Waals surface area contributed by atoms with Crippen LogP contribution < -0.4 is 10.2 Å². The summed E-state index contributed by atoms with van der Waals surface area (Å²) < 4.78 is 1.82. The standard InChI is InChI=1S/C22H36N6O2/c1-18-16-21-27(22(30)8-11-28(21)24-18)17-20(29)23-9-5-10-25-12-14-26(15-13-25)19-6-3-2-4-7-19/h16,19H,2-15,17H2,1H3,(H,23,29). The largest absolute Gasteiger partial charge is 0.354 e. The number of anilines is 1. The summed E-state index contributed by atoms with van der Waals surface area (Å²) in [6.45, 7) is 8.88. The Balaban J connectivity index is 1.13. The molecule has 1 saturated carbocycles. The molecule has 8 nitrogen and oxygen atoms in total. The minimum atomic E-state index is -0.0993. The van der Waals surface area contributed by atoms with Crippen molar-refractivity contribution < 1.29 is 9.59 Å². The summed E-state index contributed by atoms with van der Waals surface area (Å²) >= 11 is 0. The number of rotatable bonds is 7. The summed E-state index contributed by atoms with van der Waals surface area (Å²) in [6.07, 6.45) is 8.31. The monoisotopic (exact) mass is 416 g/mol. The highest BCUT2D eigenvalue weighted by Crippen LogP contribution is 2.24. The molecule has 166 valence electrons. The van der Waals surface area contributed by atoms with Crippen molar-refractivity contribution in [2.45, 2.75) is 64.5 Å². The van der Waals surface area contributed by atoms with Crippen LogP contribution in [0.3, 0.4) is 0 Å². The second-order valence-electron chi connectivity index (χ2n) is 8.97. The molecule has 1 saturated heterocycles. The summed E-state index contributed by atoms with van der Waals surface area (Å²) in [5, 5.41) is 7.38. The number of carbonyl (C=O) groups excluding carboxylic acids is 2. The maximum Gasteiger partial charge on any atom is 0.240 e. The lowest BCUT2D eigenvalue weighted by Crippen LogP contribution is -2.51. The van der Waals surface area contributed by atoms with Gasteiger partial charge in [0.1, 0.15) is 12.4 Å². The van der Waals surface area contributed by atoms with E-state index in [1.807, 2.05) is 17.7 Å². The predicted octanol–water partition coefficient (Wildman–Crippen LogP) is 1.38. The molecule has 0 radical (unpaired) electrons. The summed E-state index contributed by atoms with van der Waals surface area (Å²) in [7, 11) is 0. The van der Waals surface area contributed by atoms with Crippen molar-refractivity contribution >= 4 is 17.6 Å². The highest BCUT2D eigenvalue weighted by atomic mass is 16.2. The normalized spacial score (nSPS) is 21.6. The molecule has 8 heteroatoms. The molecular formula is C22H36N6O2. The van der Waals surface area contributed by atoms with E-state index in [2.05, 4.69) is 20.2 Å². The number of carbonyl (C=O) groups is 2. The molecule has 0 atom stereocenters. The Morgan fingerprint density at radius 1 is 1.13 bits per heavy atom. The van der Waals surface area contributed by atoms with Crippen LogP contribution in [0.1, 0.15) is 50.6 Å². The minimum absolute atomic E-state index is 0.00612. The van der Waals surface area contributed by atoms with Gasteiger partial charge in [-0.3, -0.25) is 19.4 Å². The summed E-state index contributed by atoms with van der Waals surface area (Å²) in [5.41, 5.74) is 0.869. The first-order chi connectivity index (χ1) is 14.6. The number of hydrogen-bond acceptors (Lipinski definition) is 5. The van der Waals surface area contributed by atoms with Gasteiger partial charge in [-0.25, -0.2) is 4.68 Å². The third-order valence-electron chi connectivity index (χ3n) is 6.77. The van der Waals surface area contributed by atoms with Crippen LogP contribution >= 0.6 is 0 Å². The molecule has 4 rings (SSSR count). The number of nitrogens with zero attached hydrogens (tertiary/aromatic N) is 5. The molecule has 30 heavy (non-hydrogen) atoms. The second kappa shape index (κ2) is 9.92. The Hall–Kier alpha value is -1.93. The van der Waals surface area contributed by atoms with E-state index in [4.69, 9.17) is 0 Å². The van der Waals surface area contributed by atoms with E-state index in [1.165, 1.54) is 45.2 Å². The molecule has 2 amide bonds. The average molecular weight is 417 g/mol. The van der Waals surface area contributed by atoms with E-state index in [9.17, 15) is 9.59 Å². The molecule has 3 aliphatic rings. The number of fused-ring (bicyclic) bond motifs is 1. The molecule has 1 aromatic heterocycles. The molecule has 1 aromatic rings. The van der Waals surface area contributed by atoms with Crippen LogP contribution in [0.4, 0.5) is 5.82 Å². The third kappa shape index (κ3) is 5.21. The maximum absolute atomic E-state index is 12.4. The van der Waals surface area contributed by atoms with Crippen LogP contribution in [0.25, 0.3) is 0 Å². The fourth-order valence-electron chi connectivity index (χ4n) is 5.08. The van der Waals surface area contributed by atoms with Gasteiger partial charge >= 0.3 is 0 Å². The topological polar surface area (TPSA) is 73.7 Å². The summed E-state index contributed by atoms with van der Waals surface area (Å²) in [5.74, 6) is 0.626. The number of aromatic nitrogens is 2. The smallest absolute Gasteiger partial charge is 0.240 e. The first-order valence-electron chi connectivity index (χ1n) is 11.7. The lowest BCUT2D eigenvalue weighted by molar-refractivity contribution is -0.124. The highest BCUT2D eigenvalue weighted by Gasteiger charge is 2.27. The van der Waals surface area contributed by atoms with Crippen LogP contribution in [0, 0.1) is 6.92 Å². The Bertz CT molecular complexity index is 734. The van der Waals surface area contributed by atoms with Gasteiger partial charge in [0, 0.05) is 51.3 Å². The van der Waals surface area contributed by atoms with Gasteiger partial charge < -0.3 is 10.2 Å². The zero-order valence-electron chi connectivity index (χ0n) is 18.3. The molecule has 0 unspecified atom stereocenters. The molecule has 0 aromatic carbocycles. The lowest BCUT2D eigenvalue weighted by Gasteiger charge is -2.40. The van der Waals surface area contributed by atoms with Crippen LogP contribution in [0.5, 0.6) is 0 Å². The fourth-order valence-corrected chi connectivity index (χ4v) is 5.08. The second-order valence-corrected chi connectivity index (χ2v) is 8.97. The van der Waals surface area contributed by atoms with Gasteiger partial charge in [-0.1, -0.05) is 19.3 Å². The van der Waals surface area contributed by atoms with Crippen molar-refractivity contribution in [3.8, 4) is 0 Å². The Kier molecular flexibility index (Phi) is 7.04. The van der Waals surface area contributed by atoms with E-state index >= 15 is 0 Å². The first kappa shape index (κ1) is 21.3. The van der Waals surface area contributed by atoms with E-state index in [0.717, 1.165) is 43.6 Å². The van der Waals surface area contributed by atoms with Crippen molar-refractivity contribution in [2.75, 3.05) is 50.7 Å². The zero-order valence-corrected chi connectivity index (χ0v) is 18.3. The number of amides is 2. The van der Waals surface area contributed by atoms with Crippen LogP contribution in [-0.2, 0) is 16.1 Å². The summed E-state index contributed by atoms with van der Waals surface area (Å²) in [6, 6.07) is 2.69. The maximum atomic E-state index is 12.4. The first-order valence-corrected chi connectivity index (χ1v) is 11.7. The molecule has 2 fully saturated rings. The Morgan fingerprint density at radius 3 is 2.67 bits per heavy atom. The van der Waals surface area contributed by atoms with Crippen molar-refractivity contribution in [3.05, 3.63) is 11.8 Å². The van der Waals surface area contributed by atoms with E-state index < -0.39 is 0 Å². The Labute approximate surface area is 179 Å². The SMILES string of the molecule is Cc1cc2n(n1)CCC(=O)N2CC(=O)NCCCN1CCN(C2CCCCC2)CC1. The minimum Gasteiger partial charge on any atom is -0.354 e.